The number of nitrogens with zero attached hydrogens (tertiary/aromatic N) is 4. The van der Waals surface area contributed by atoms with Crippen LogP contribution in [0.2, 0.25) is 0 Å². The molecule has 1 saturated heterocycles. The zero-order valence-corrected chi connectivity index (χ0v) is 22.1. The highest BCUT2D eigenvalue weighted by atomic mass is 19.1. The Hall–Kier alpha value is -3.85. The summed E-state index contributed by atoms with van der Waals surface area (Å²) in [5, 5.41) is 5.66. The lowest BCUT2D eigenvalue weighted by Crippen LogP contribution is -2.41. The normalized spacial score (nSPS) is 17.6. The van der Waals surface area contributed by atoms with Gasteiger partial charge in [0.1, 0.15) is 29.8 Å². The van der Waals surface area contributed by atoms with Gasteiger partial charge in [0.15, 0.2) is 0 Å². The van der Waals surface area contributed by atoms with Crippen LogP contribution >= 0.6 is 0 Å². The Labute approximate surface area is 227 Å². The van der Waals surface area contributed by atoms with Gasteiger partial charge in [-0.3, -0.25) is 4.79 Å². The second-order valence-corrected chi connectivity index (χ2v) is 9.92. The minimum Gasteiger partial charge on any atom is -0.491 e. The molecule has 0 spiro atoms. The molecule has 0 aliphatic carbocycles. The minimum absolute atomic E-state index is 0.110. The standard InChI is InChI=1S/C30H32F2N4O3/c1-20-3-4-26(39-14-13-38-2)19-27(20)22-5-9-33-29(17-22)35-11-7-21(8-12-35)30(37)36-28(6-10-34-36)23-15-24(31)18-25(32)16-23/h3-5,9-10,15-19,21,28H,6-8,11-14H2,1-2H3. The van der Waals surface area contributed by atoms with E-state index in [1.54, 1.807) is 13.3 Å². The molecule has 39 heavy (non-hydrogen) atoms. The van der Waals surface area contributed by atoms with Crippen LogP contribution in [0.4, 0.5) is 14.6 Å². The van der Waals surface area contributed by atoms with Gasteiger partial charge in [-0.1, -0.05) is 6.07 Å². The van der Waals surface area contributed by atoms with Crippen molar-refractivity contribution in [2.24, 2.45) is 11.0 Å². The van der Waals surface area contributed by atoms with Gasteiger partial charge in [-0.2, -0.15) is 5.10 Å². The molecule has 0 saturated carbocycles. The maximum absolute atomic E-state index is 13.8. The first-order valence-corrected chi connectivity index (χ1v) is 13.2. The summed E-state index contributed by atoms with van der Waals surface area (Å²) in [6, 6.07) is 13.0. The van der Waals surface area contributed by atoms with E-state index in [1.165, 1.54) is 17.1 Å². The number of aromatic nitrogens is 1. The lowest BCUT2D eigenvalue weighted by atomic mass is 9.94. The van der Waals surface area contributed by atoms with Gasteiger partial charge < -0.3 is 14.4 Å². The Morgan fingerprint density at radius 2 is 1.79 bits per heavy atom. The second kappa shape index (κ2) is 11.9. The fourth-order valence-electron chi connectivity index (χ4n) is 5.22. The molecule has 5 rings (SSSR count). The topological polar surface area (TPSA) is 67.3 Å². The lowest BCUT2D eigenvalue weighted by molar-refractivity contribution is -0.138. The number of hydrogen-bond acceptors (Lipinski definition) is 6. The zero-order chi connectivity index (χ0) is 27.4. The summed E-state index contributed by atoms with van der Waals surface area (Å²) >= 11 is 0. The average Bonchev–Trinajstić information content (AvgIpc) is 3.44. The van der Waals surface area contributed by atoms with E-state index in [0.29, 0.717) is 51.1 Å². The average molecular weight is 535 g/mol. The Morgan fingerprint density at radius 1 is 1.03 bits per heavy atom. The smallest absolute Gasteiger partial charge is 0.246 e. The summed E-state index contributed by atoms with van der Waals surface area (Å²) in [5.41, 5.74) is 3.67. The summed E-state index contributed by atoms with van der Waals surface area (Å²) in [5.74, 6) is -0.00443. The number of amides is 1. The molecule has 0 radical (unpaired) electrons. The molecule has 3 aromatic rings. The molecular weight excluding hydrogens is 502 g/mol. The largest absolute Gasteiger partial charge is 0.491 e. The number of halogens is 2. The Kier molecular flexibility index (Phi) is 8.16. The molecule has 204 valence electrons. The van der Waals surface area contributed by atoms with Crippen molar-refractivity contribution in [2.75, 3.05) is 38.3 Å². The molecule has 3 heterocycles. The molecule has 1 atom stereocenters. The van der Waals surface area contributed by atoms with Crippen LogP contribution in [0.25, 0.3) is 11.1 Å². The third-order valence-electron chi connectivity index (χ3n) is 7.32. The van der Waals surface area contributed by atoms with Crippen LogP contribution in [0.3, 0.4) is 0 Å². The van der Waals surface area contributed by atoms with Crippen molar-refractivity contribution in [3.8, 4) is 16.9 Å². The monoisotopic (exact) mass is 534 g/mol. The number of ether oxygens (including phenoxy) is 2. The predicted octanol–water partition coefficient (Wildman–Crippen LogP) is 5.54. The van der Waals surface area contributed by atoms with E-state index in [0.717, 1.165) is 34.3 Å². The summed E-state index contributed by atoms with van der Waals surface area (Å²) in [6.45, 7) is 4.41. The molecule has 2 aliphatic rings. The van der Waals surface area contributed by atoms with Gasteiger partial charge >= 0.3 is 0 Å². The number of carbonyl (C=O) groups excluding carboxylic acids is 1. The van der Waals surface area contributed by atoms with E-state index in [1.807, 2.05) is 30.5 Å². The van der Waals surface area contributed by atoms with Crippen LogP contribution < -0.4 is 9.64 Å². The van der Waals surface area contributed by atoms with Gasteiger partial charge in [0.05, 0.1) is 12.6 Å². The predicted molar refractivity (Wildman–Crippen MR) is 146 cm³/mol. The lowest BCUT2D eigenvalue weighted by Gasteiger charge is -2.34. The highest BCUT2D eigenvalue weighted by Crippen LogP contribution is 2.34. The first-order chi connectivity index (χ1) is 18.9. The molecular formula is C30H32F2N4O3. The number of benzene rings is 2. The quantitative estimate of drug-likeness (QED) is 0.355. The molecule has 0 bridgehead atoms. The van der Waals surface area contributed by atoms with Crippen LogP contribution in [0.15, 0.2) is 59.8 Å². The fraction of sp³-hybridized carbons (Fsp3) is 0.367. The molecule has 0 N–H and O–H groups in total. The van der Waals surface area contributed by atoms with Gasteiger partial charge in [-0.25, -0.2) is 18.8 Å². The first-order valence-electron chi connectivity index (χ1n) is 13.2. The van der Waals surface area contributed by atoms with Crippen LogP contribution in [0.1, 0.15) is 36.4 Å². The van der Waals surface area contributed by atoms with Gasteiger partial charge in [0.2, 0.25) is 5.91 Å². The van der Waals surface area contributed by atoms with E-state index < -0.39 is 17.7 Å². The van der Waals surface area contributed by atoms with Crippen molar-refractivity contribution in [3.63, 3.8) is 0 Å². The van der Waals surface area contributed by atoms with Gasteiger partial charge in [-0.15, -0.1) is 0 Å². The fourth-order valence-corrected chi connectivity index (χ4v) is 5.22. The van der Waals surface area contributed by atoms with Crippen molar-refractivity contribution >= 4 is 17.9 Å². The maximum Gasteiger partial charge on any atom is 0.246 e. The van der Waals surface area contributed by atoms with E-state index in [2.05, 4.69) is 28.0 Å². The van der Waals surface area contributed by atoms with Gasteiger partial charge in [0, 0.05) is 51.0 Å². The van der Waals surface area contributed by atoms with E-state index >= 15 is 0 Å². The Bertz CT molecular complexity index is 1340. The van der Waals surface area contributed by atoms with E-state index in [-0.39, 0.29) is 11.8 Å². The first kappa shape index (κ1) is 26.7. The Balaban J connectivity index is 1.25. The third kappa shape index (κ3) is 6.09. The number of anilines is 1. The SMILES string of the molecule is COCCOc1ccc(C)c(-c2ccnc(N3CCC(C(=O)N4N=CCC4c4cc(F)cc(F)c4)CC3)c2)c1. The number of hydrogen-bond donors (Lipinski definition) is 0. The Morgan fingerprint density at radius 3 is 2.54 bits per heavy atom. The number of carbonyl (C=O) groups is 1. The number of pyridine rings is 1. The third-order valence-corrected chi connectivity index (χ3v) is 7.32. The van der Waals surface area contributed by atoms with Crippen molar-refractivity contribution in [1.82, 2.24) is 9.99 Å². The molecule has 1 fully saturated rings. The highest BCUT2D eigenvalue weighted by molar-refractivity contribution is 5.82. The summed E-state index contributed by atoms with van der Waals surface area (Å²) in [6.07, 6.45) is 5.16. The molecule has 1 amide bonds. The zero-order valence-electron chi connectivity index (χ0n) is 22.1. The molecule has 2 aliphatic heterocycles. The molecule has 1 unspecified atom stereocenters. The number of hydrazone groups is 1. The summed E-state index contributed by atoms with van der Waals surface area (Å²) in [7, 11) is 1.65. The van der Waals surface area contributed by atoms with Gasteiger partial charge in [0.25, 0.3) is 0 Å². The van der Waals surface area contributed by atoms with Crippen molar-refractivity contribution in [3.05, 3.63) is 77.5 Å². The number of rotatable bonds is 8. The van der Waals surface area contributed by atoms with Gasteiger partial charge in [-0.05, 0) is 78.4 Å². The number of aryl methyl sites for hydroxylation is 1. The minimum atomic E-state index is -0.659. The van der Waals surface area contributed by atoms with E-state index in [9.17, 15) is 13.6 Å². The van der Waals surface area contributed by atoms with Crippen molar-refractivity contribution < 1.29 is 23.0 Å². The van der Waals surface area contributed by atoms with Crippen LogP contribution in [-0.2, 0) is 9.53 Å². The summed E-state index contributed by atoms with van der Waals surface area (Å²) in [4.78, 5) is 20.2. The molecule has 9 heteroatoms. The maximum atomic E-state index is 13.8. The number of methoxy groups -OCH3 is 1. The molecule has 7 nitrogen and oxygen atoms in total. The van der Waals surface area contributed by atoms with Crippen LogP contribution in [-0.4, -0.2) is 55.5 Å². The van der Waals surface area contributed by atoms with Crippen molar-refractivity contribution in [1.29, 1.82) is 0 Å². The van der Waals surface area contributed by atoms with Crippen LogP contribution in [0.5, 0.6) is 5.75 Å². The number of piperidine rings is 1. The van der Waals surface area contributed by atoms with E-state index in [4.69, 9.17) is 9.47 Å². The highest BCUT2D eigenvalue weighted by Gasteiger charge is 2.35. The van der Waals surface area contributed by atoms with Crippen molar-refractivity contribution in [2.45, 2.75) is 32.2 Å². The molecule has 2 aromatic carbocycles. The second-order valence-electron chi connectivity index (χ2n) is 9.92. The summed E-state index contributed by atoms with van der Waals surface area (Å²) < 4.78 is 38.5. The molecule has 1 aromatic heterocycles. The van der Waals surface area contributed by atoms with Crippen LogP contribution in [0, 0.1) is 24.5 Å².